The summed E-state index contributed by atoms with van der Waals surface area (Å²) in [7, 11) is 0. The lowest BCUT2D eigenvalue weighted by Crippen LogP contribution is -2.25. The summed E-state index contributed by atoms with van der Waals surface area (Å²) >= 11 is 0. The van der Waals surface area contributed by atoms with Crippen LogP contribution in [0, 0.1) is 29.2 Å². The van der Waals surface area contributed by atoms with Crippen molar-refractivity contribution in [3.8, 4) is 22.6 Å². The van der Waals surface area contributed by atoms with Gasteiger partial charge in [0, 0.05) is 5.56 Å². The third-order valence-corrected chi connectivity index (χ3v) is 7.40. The summed E-state index contributed by atoms with van der Waals surface area (Å²) < 4.78 is 68.6. The van der Waals surface area contributed by atoms with E-state index in [1.165, 1.54) is 30.3 Å². The monoisotopic (exact) mass is 544 g/mol. The predicted molar refractivity (Wildman–Crippen MR) is 140 cm³/mol. The molecule has 1 N–H and O–H groups in total. The van der Waals surface area contributed by atoms with Crippen LogP contribution in [0.5, 0.6) is 11.5 Å². The number of ether oxygens (including phenoxy) is 2. The zero-order chi connectivity index (χ0) is 28.1. The summed E-state index contributed by atoms with van der Waals surface area (Å²) in [6.45, 7) is 3.79. The van der Waals surface area contributed by atoms with Gasteiger partial charge in [-0.15, -0.1) is 0 Å². The number of esters is 1. The lowest BCUT2D eigenvalue weighted by molar-refractivity contribution is 0.0722. The lowest BCUT2D eigenvalue weighted by Gasteiger charge is -2.32. The number of hydrogen-bond acceptors (Lipinski definition) is 4. The molecule has 1 aliphatic carbocycles. The Labute approximate surface area is 225 Å². The molecule has 3 aromatic rings. The highest BCUT2D eigenvalue weighted by Crippen LogP contribution is 2.40. The zero-order valence-electron chi connectivity index (χ0n) is 22.0. The third kappa shape index (κ3) is 6.27. The van der Waals surface area contributed by atoms with Gasteiger partial charge in [-0.05, 0) is 86.3 Å². The molecular weight excluding hydrogens is 512 g/mol. The third-order valence-electron chi connectivity index (χ3n) is 7.40. The van der Waals surface area contributed by atoms with Gasteiger partial charge < -0.3 is 14.6 Å². The van der Waals surface area contributed by atoms with E-state index in [-0.39, 0.29) is 41.4 Å². The number of rotatable bonds is 9. The second-order valence-electron chi connectivity index (χ2n) is 9.89. The molecule has 1 unspecified atom stereocenters. The SMILES string of the molecule is CCCC(O)C1CCC(c2ccc(-c3ccc(C(=O)Oc4ccc(OCC)c(F)c4F)cc3)c(F)c2F)CC1. The Morgan fingerprint density at radius 3 is 2.13 bits per heavy atom. The van der Waals surface area contributed by atoms with E-state index < -0.39 is 35.0 Å². The van der Waals surface area contributed by atoms with Gasteiger partial charge >= 0.3 is 5.97 Å². The van der Waals surface area contributed by atoms with Crippen molar-refractivity contribution in [2.75, 3.05) is 6.61 Å². The molecule has 0 bridgehead atoms. The molecule has 0 heterocycles. The average Bonchev–Trinajstić information content (AvgIpc) is 2.94. The molecule has 3 aromatic carbocycles. The van der Waals surface area contributed by atoms with E-state index in [2.05, 4.69) is 0 Å². The van der Waals surface area contributed by atoms with E-state index in [9.17, 15) is 18.7 Å². The summed E-state index contributed by atoms with van der Waals surface area (Å²) in [4.78, 5) is 12.5. The molecule has 0 radical (unpaired) electrons. The minimum atomic E-state index is -1.35. The van der Waals surface area contributed by atoms with Gasteiger partial charge in [0.05, 0.1) is 18.3 Å². The fraction of sp³-hybridized carbons (Fsp3) is 0.387. The van der Waals surface area contributed by atoms with Crippen molar-refractivity contribution < 1.29 is 36.9 Å². The Hall–Kier alpha value is -3.39. The fourth-order valence-electron chi connectivity index (χ4n) is 5.25. The number of benzene rings is 3. The van der Waals surface area contributed by atoms with Crippen molar-refractivity contribution in [1.82, 2.24) is 0 Å². The number of aliphatic hydroxyl groups excluding tert-OH is 1. The van der Waals surface area contributed by atoms with Gasteiger partial charge in [-0.3, -0.25) is 0 Å². The minimum absolute atomic E-state index is 0.0203. The molecule has 4 rings (SSSR count). The molecule has 1 saturated carbocycles. The van der Waals surface area contributed by atoms with Gasteiger partial charge in [-0.25, -0.2) is 13.6 Å². The molecule has 8 heteroatoms. The predicted octanol–water partition coefficient (Wildman–Crippen LogP) is 7.96. The maximum atomic E-state index is 15.1. The van der Waals surface area contributed by atoms with Gasteiger partial charge in [0.15, 0.2) is 23.1 Å². The van der Waals surface area contributed by atoms with E-state index in [1.54, 1.807) is 13.0 Å². The standard InChI is InChI=1S/C31H32F4O4/c1-3-5-24(36)20-10-6-18(7-11-20)22-14-15-23(28(33)27(22)32)19-8-12-21(13-9-19)31(37)39-26-17-16-25(38-4-2)29(34)30(26)35/h8-9,12-18,20,24,36H,3-7,10-11H2,1-2H3. The van der Waals surface area contributed by atoms with E-state index in [0.717, 1.165) is 37.8 Å². The lowest BCUT2D eigenvalue weighted by atomic mass is 9.75. The van der Waals surface area contributed by atoms with E-state index in [1.807, 2.05) is 6.92 Å². The van der Waals surface area contributed by atoms with Crippen LogP contribution in [0.3, 0.4) is 0 Å². The van der Waals surface area contributed by atoms with Gasteiger partial charge in [0.25, 0.3) is 0 Å². The van der Waals surface area contributed by atoms with Gasteiger partial charge in [-0.2, -0.15) is 8.78 Å². The second-order valence-corrected chi connectivity index (χ2v) is 9.89. The maximum Gasteiger partial charge on any atom is 0.343 e. The number of halogens is 4. The van der Waals surface area contributed by atoms with Crippen LogP contribution in [-0.2, 0) is 0 Å². The van der Waals surface area contributed by atoms with Crippen LogP contribution < -0.4 is 9.47 Å². The number of carbonyl (C=O) groups excluding carboxylic acids is 1. The highest BCUT2D eigenvalue weighted by molar-refractivity contribution is 5.91. The number of carbonyl (C=O) groups is 1. The van der Waals surface area contributed by atoms with Crippen LogP contribution in [0.15, 0.2) is 48.5 Å². The van der Waals surface area contributed by atoms with Gasteiger partial charge in [0.2, 0.25) is 11.6 Å². The van der Waals surface area contributed by atoms with Gasteiger partial charge in [-0.1, -0.05) is 37.6 Å². The average molecular weight is 545 g/mol. The topological polar surface area (TPSA) is 55.8 Å². The van der Waals surface area contributed by atoms with Crippen molar-refractivity contribution in [3.63, 3.8) is 0 Å². The largest absolute Gasteiger partial charge is 0.491 e. The van der Waals surface area contributed by atoms with Crippen molar-refractivity contribution in [2.45, 2.75) is 64.4 Å². The first-order valence-electron chi connectivity index (χ1n) is 13.3. The van der Waals surface area contributed by atoms with Crippen LogP contribution in [-0.4, -0.2) is 23.8 Å². The Morgan fingerprint density at radius 1 is 0.846 bits per heavy atom. The van der Waals surface area contributed by atoms with Crippen molar-refractivity contribution >= 4 is 5.97 Å². The summed E-state index contributed by atoms with van der Waals surface area (Å²) in [5.74, 6) is -6.21. The summed E-state index contributed by atoms with van der Waals surface area (Å²) in [5.41, 5.74) is 0.749. The molecule has 1 aliphatic rings. The molecule has 0 aliphatic heterocycles. The smallest absolute Gasteiger partial charge is 0.343 e. The Morgan fingerprint density at radius 2 is 1.49 bits per heavy atom. The Balaban J connectivity index is 1.45. The fourth-order valence-corrected chi connectivity index (χ4v) is 5.25. The minimum Gasteiger partial charge on any atom is -0.491 e. The molecule has 39 heavy (non-hydrogen) atoms. The van der Waals surface area contributed by atoms with Crippen molar-refractivity contribution in [1.29, 1.82) is 0 Å². The van der Waals surface area contributed by atoms with Crippen LogP contribution in [0.2, 0.25) is 0 Å². The Bertz CT molecular complexity index is 1300. The molecule has 208 valence electrons. The number of aliphatic hydroxyl groups is 1. The zero-order valence-corrected chi connectivity index (χ0v) is 22.0. The normalized spacial score (nSPS) is 18.0. The van der Waals surface area contributed by atoms with Gasteiger partial charge in [0.1, 0.15) is 0 Å². The first-order chi connectivity index (χ1) is 18.7. The molecule has 0 amide bonds. The van der Waals surface area contributed by atoms with E-state index in [4.69, 9.17) is 9.47 Å². The van der Waals surface area contributed by atoms with E-state index >= 15 is 8.78 Å². The van der Waals surface area contributed by atoms with E-state index in [0.29, 0.717) is 24.0 Å². The molecular formula is C31H32F4O4. The van der Waals surface area contributed by atoms with Crippen LogP contribution in [0.1, 0.15) is 74.2 Å². The first-order valence-corrected chi connectivity index (χ1v) is 13.3. The van der Waals surface area contributed by atoms with Crippen LogP contribution in [0.25, 0.3) is 11.1 Å². The maximum absolute atomic E-state index is 15.1. The molecule has 0 aromatic heterocycles. The highest BCUT2D eigenvalue weighted by atomic mass is 19.2. The molecule has 0 saturated heterocycles. The summed E-state index contributed by atoms with van der Waals surface area (Å²) in [6, 6.07) is 10.9. The second kappa shape index (κ2) is 12.6. The highest BCUT2D eigenvalue weighted by Gasteiger charge is 2.29. The first kappa shape index (κ1) is 28.6. The molecule has 1 atom stereocenters. The van der Waals surface area contributed by atoms with Crippen molar-refractivity contribution in [3.05, 3.63) is 82.9 Å². The van der Waals surface area contributed by atoms with Crippen LogP contribution >= 0.6 is 0 Å². The summed E-state index contributed by atoms with van der Waals surface area (Å²) in [6.07, 6.45) is 4.25. The number of hydrogen-bond donors (Lipinski definition) is 1. The summed E-state index contributed by atoms with van der Waals surface area (Å²) in [5, 5.41) is 10.3. The quantitative estimate of drug-likeness (QED) is 0.169. The van der Waals surface area contributed by atoms with Crippen molar-refractivity contribution in [2.24, 2.45) is 5.92 Å². The molecule has 1 fully saturated rings. The Kier molecular flexibility index (Phi) is 9.28. The van der Waals surface area contributed by atoms with Crippen LogP contribution in [0.4, 0.5) is 17.6 Å². The molecule has 0 spiro atoms. The molecule has 4 nitrogen and oxygen atoms in total.